The first-order chi connectivity index (χ1) is 9.20. The molecule has 1 heterocycles. The number of aryl methyl sites for hydroxylation is 1. The average molecular weight is 280 g/mol. The third-order valence-electron chi connectivity index (χ3n) is 3.92. The van der Waals surface area contributed by atoms with Crippen LogP contribution in [-0.4, -0.2) is 28.8 Å². The van der Waals surface area contributed by atoms with Crippen LogP contribution in [0.1, 0.15) is 46.0 Å². The van der Waals surface area contributed by atoms with Gasteiger partial charge in [-0.2, -0.15) is 5.10 Å². The number of H-pyrrole nitrogens is 1. The minimum Gasteiger partial charge on any atom is -0.338 e. The number of hydrogen-bond acceptors (Lipinski definition) is 2. The Morgan fingerprint density at radius 1 is 1.40 bits per heavy atom. The fourth-order valence-electron chi connectivity index (χ4n) is 1.73. The third kappa shape index (κ3) is 5.23. The van der Waals surface area contributed by atoms with Crippen LogP contribution in [0.15, 0.2) is 6.07 Å². The fraction of sp³-hybridized carbons (Fsp3) is 0.733. The predicted molar refractivity (Wildman–Crippen MR) is 81.6 cm³/mol. The lowest BCUT2D eigenvalue weighted by molar-refractivity contribution is 0.213. The molecule has 1 aromatic heterocycles. The summed E-state index contributed by atoms with van der Waals surface area (Å²) >= 11 is 0. The van der Waals surface area contributed by atoms with Gasteiger partial charge in [-0.05, 0) is 31.2 Å². The normalized spacial score (nSPS) is 13.3. The second-order valence-corrected chi connectivity index (χ2v) is 6.62. The summed E-state index contributed by atoms with van der Waals surface area (Å²) in [6.07, 6.45) is 0.728. The highest BCUT2D eigenvalue weighted by atomic mass is 16.2. The Bertz CT molecular complexity index is 437. The summed E-state index contributed by atoms with van der Waals surface area (Å²) < 4.78 is 0. The van der Waals surface area contributed by atoms with E-state index < -0.39 is 0 Å². The van der Waals surface area contributed by atoms with Crippen LogP contribution in [0.3, 0.4) is 0 Å². The molecule has 1 aromatic rings. The topological polar surface area (TPSA) is 69.8 Å². The first kappa shape index (κ1) is 16.5. The maximum absolute atomic E-state index is 11.9. The quantitative estimate of drug-likeness (QED) is 0.749. The van der Waals surface area contributed by atoms with Gasteiger partial charge in [0.2, 0.25) is 0 Å². The average Bonchev–Trinajstić information content (AvgIpc) is 2.71. The van der Waals surface area contributed by atoms with Gasteiger partial charge in [-0.1, -0.05) is 27.7 Å². The van der Waals surface area contributed by atoms with E-state index in [4.69, 9.17) is 0 Å². The summed E-state index contributed by atoms with van der Waals surface area (Å²) in [5, 5.41) is 13.0. The van der Waals surface area contributed by atoms with Gasteiger partial charge in [-0.15, -0.1) is 0 Å². The zero-order valence-corrected chi connectivity index (χ0v) is 13.5. The largest absolute Gasteiger partial charge is 0.338 e. The van der Waals surface area contributed by atoms with Crippen LogP contribution in [0.2, 0.25) is 0 Å². The van der Waals surface area contributed by atoms with Gasteiger partial charge in [0.25, 0.3) is 0 Å². The molecule has 3 N–H and O–H groups in total. The van der Waals surface area contributed by atoms with E-state index in [2.05, 4.69) is 48.5 Å². The summed E-state index contributed by atoms with van der Waals surface area (Å²) in [5.41, 5.74) is 2.10. The highest BCUT2D eigenvalue weighted by molar-refractivity contribution is 5.74. The third-order valence-corrected chi connectivity index (χ3v) is 3.92. The molecule has 0 saturated carbocycles. The number of carbonyl (C=O) groups is 1. The predicted octanol–water partition coefficient (Wildman–Crippen LogP) is 2.63. The van der Waals surface area contributed by atoms with Crippen LogP contribution in [0.5, 0.6) is 0 Å². The Hall–Kier alpha value is -1.52. The number of urea groups is 1. The van der Waals surface area contributed by atoms with E-state index >= 15 is 0 Å². The lowest BCUT2D eigenvalue weighted by Gasteiger charge is -2.29. The molecule has 114 valence electrons. The van der Waals surface area contributed by atoms with Crippen molar-refractivity contribution in [1.29, 1.82) is 0 Å². The molecule has 1 rings (SSSR count). The molecule has 1 atom stereocenters. The van der Waals surface area contributed by atoms with Crippen molar-refractivity contribution >= 4 is 6.03 Å². The van der Waals surface area contributed by atoms with Crippen molar-refractivity contribution < 1.29 is 4.79 Å². The van der Waals surface area contributed by atoms with Crippen molar-refractivity contribution in [2.45, 2.75) is 54.0 Å². The number of nitrogens with one attached hydrogen (secondary N) is 3. The molecule has 0 aliphatic rings. The van der Waals surface area contributed by atoms with Crippen LogP contribution in [0.25, 0.3) is 0 Å². The number of carbonyl (C=O) groups excluding carboxylic acids is 1. The molecule has 0 aliphatic carbocycles. The Morgan fingerprint density at radius 3 is 2.55 bits per heavy atom. The highest BCUT2D eigenvalue weighted by Crippen LogP contribution is 2.24. The molecule has 20 heavy (non-hydrogen) atoms. The van der Waals surface area contributed by atoms with E-state index in [0.29, 0.717) is 12.5 Å². The number of aromatic nitrogens is 2. The van der Waals surface area contributed by atoms with Crippen molar-refractivity contribution in [3.8, 4) is 0 Å². The van der Waals surface area contributed by atoms with Crippen molar-refractivity contribution in [3.05, 3.63) is 17.5 Å². The SMILES string of the molecule is Cc1cc(C[C@H](C)NC(=O)NCC(C)(C)C(C)C)n[nH]1. The highest BCUT2D eigenvalue weighted by Gasteiger charge is 2.23. The van der Waals surface area contributed by atoms with Crippen LogP contribution in [-0.2, 0) is 6.42 Å². The van der Waals surface area contributed by atoms with Gasteiger partial charge in [0.05, 0.1) is 5.69 Å². The maximum Gasteiger partial charge on any atom is 0.315 e. The van der Waals surface area contributed by atoms with Crippen molar-refractivity contribution in [3.63, 3.8) is 0 Å². The number of nitrogens with zero attached hydrogens (tertiary/aromatic N) is 1. The minimum atomic E-state index is -0.113. The molecule has 0 fully saturated rings. The lowest BCUT2D eigenvalue weighted by atomic mass is 9.81. The van der Waals surface area contributed by atoms with Gasteiger partial charge in [-0.3, -0.25) is 5.10 Å². The zero-order valence-electron chi connectivity index (χ0n) is 13.5. The summed E-state index contributed by atoms with van der Waals surface area (Å²) in [5.74, 6) is 0.521. The summed E-state index contributed by atoms with van der Waals surface area (Å²) in [6, 6.07) is 1.94. The number of amides is 2. The van der Waals surface area contributed by atoms with Gasteiger partial charge in [-0.25, -0.2) is 4.79 Å². The van der Waals surface area contributed by atoms with Gasteiger partial charge in [0.1, 0.15) is 0 Å². The monoisotopic (exact) mass is 280 g/mol. The molecule has 0 aliphatic heterocycles. The standard InChI is InChI=1S/C15H28N4O/c1-10(2)15(5,6)9-16-14(20)17-11(3)7-13-8-12(4)18-19-13/h8,10-11H,7,9H2,1-6H3,(H,18,19)(H2,16,17,20)/t11-/m0/s1. The molecule has 0 aromatic carbocycles. The van der Waals surface area contributed by atoms with Gasteiger partial charge < -0.3 is 10.6 Å². The van der Waals surface area contributed by atoms with E-state index in [0.717, 1.165) is 17.8 Å². The molecule has 5 heteroatoms. The number of rotatable bonds is 6. The lowest BCUT2D eigenvalue weighted by Crippen LogP contribution is -2.45. The van der Waals surface area contributed by atoms with Crippen LogP contribution >= 0.6 is 0 Å². The van der Waals surface area contributed by atoms with Crippen molar-refractivity contribution in [2.24, 2.45) is 11.3 Å². The van der Waals surface area contributed by atoms with Crippen LogP contribution in [0, 0.1) is 18.3 Å². The number of hydrogen-bond donors (Lipinski definition) is 3. The summed E-state index contributed by atoms with van der Waals surface area (Å²) in [6.45, 7) is 13.3. The Kier molecular flexibility index (Phi) is 5.60. The molecular weight excluding hydrogens is 252 g/mol. The molecule has 0 saturated heterocycles. The smallest absolute Gasteiger partial charge is 0.315 e. The van der Waals surface area contributed by atoms with E-state index in [1.54, 1.807) is 0 Å². The van der Waals surface area contributed by atoms with E-state index in [1.165, 1.54) is 0 Å². The van der Waals surface area contributed by atoms with Crippen molar-refractivity contribution in [2.75, 3.05) is 6.54 Å². The molecule has 5 nitrogen and oxygen atoms in total. The second kappa shape index (κ2) is 6.77. The molecule has 0 spiro atoms. The summed E-state index contributed by atoms with van der Waals surface area (Å²) in [4.78, 5) is 11.9. The van der Waals surface area contributed by atoms with E-state index in [-0.39, 0.29) is 17.5 Å². The molecular formula is C15H28N4O. The maximum atomic E-state index is 11.9. The van der Waals surface area contributed by atoms with Crippen LogP contribution < -0.4 is 10.6 Å². The Balaban J connectivity index is 2.35. The van der Waals surface area contributed by atoms with Gasteiger partial charge >= 0.3 is 6.03 Å². The van der Waals surface area contributed by atoms with E-state index in [1.807, 2.05) is 19.9 Å². The molecule has 0 unspecified atom stereocenters. The van der Waals surface area contributed by atoms with E-state index in [9.17, 15) is 4.79 Å². The van der Waals surface area contributed by atoms with Gasteiger partial charge in [0, 0.05) is 24.7 Å². The fourth-order valence-corrected chi connectivity index (χ4v) is 1.73. The first-order valence-electron chi connectivity index (χ1n) is 7.26. The Morgan fingerprint density at radius 2 is 2.05 bits per heavy atom. The van der Waals surface area contributed by atoms with Crippen LogP contribution in [0.4, 0.5) is 4.79 Å². The Labute approximate surface area is 121 Å². The van der Waals surface area contributed by atoms with Crippen molar-refractivity contribution in [1.82, 2.24) is 20.8 Å². The zero-order chi connectivity index (χ0) is 15.3. The first-order valence-corrected chi connectivity index (χ1v) is 7.26. The minimum absolute atomic E-state index is 0.0554. The number of aromatic amines is 1. The molecule has 0 radical (unpaired) electrons. The van der Waals surface area contributed by atoms with Gasteiger partial charge in [0.15, 0.2) is 0 Å². The molecule has 0 bridgehead atoms. The second-order valence-electron chi connectivity index (χ2n) is 6.62. The summed E-state index contributed by atoms with van der Waals surface area (Å²) in [7, 11) is 0. The molecule has 2 amide bonds.